The van der Waals surface area contributed by atoms with Crippen LogP contribution in [-0.2, 0) is 19.1 Å². The first-order valence-electron chi connectivity index (χ1n) is 9.18. The Kier molecular flexibility index (Phi) is 5.72. The van der Waals surface area contributed by atoms with Crippen molar-refractivity contribution in [1.29, 1.82) is 0 Å². The van der Waals surface area contributed by atoms with Crippen molar-refractivity contribution < 1.29 is 28.7 Å². The van der Waals surface area contributed by atoms with Crippen LogP contribution in [0.1, 0.15) is 53.3 Å². The van der Waals surface area contributed by atoms with Gasteiger partial charge in [0.1, 0.15) is 12.6 Å². The molecule has 0 spiro atoms. The van der Waals surface area contributed by atoms with Crippen LogP contribution in [0.4, 0.5) is 5.69 Å². The Morgan fingerprint density at radius 2 is 2.04 bits per heavy atom. The minimum atomic E-state index is -1.03. The monoisotopic (exact) mass is 387 g/mol. The second-order valence-corrected chi connectivity index (χ2v) is 6.60. The highest BCUT2D eigenvalue weighted by atomic mass is 16.5. The molecule has 148 valence electrons. The average molecular weight is 387 g/mol. The lowest BCUT2D eigenvalue weighted by Gasteiger charge is -2.27. The molecule has 0 aromatic heterocycles. The van der Waals surface area contributed by atoms with E-state index in [1.807, 2.05) is 6.92 Å². The molecule has 1 atom stereocenters. The van der Waals surface area contributed by atoms with Crippen LogP contribution in [0.15, 0.2) is 18.2 Å². The molecule has 0 saturated carbocycles. The number of nitrogens with zero attached hydrogens (tertiary/aromatic N) is 1. The molecular formula is C19H21N3O6. The van der Waals surface area contributed by atoms with Crippen LogP contribution in [0.2, 0.25) is 0 Å². The third kappa shape index (κ3) is 3.73. The molecular weight excluding hydrogens is 366 g/mol. The molecule has 2 N–H and O–H groups in total. The van der Waals surface area contributed by atoms with Gasteiger partial charge < -0.3 is 10.1 Å². The van der Waals surface area contributed by atoms with Crippen molar-refractivity contribution in [2.45, 2.75) is 38.6 Å². The van der Waals surface area contributed by atoms with Crippen LogP contribution in [0.5, 0.6) is 0 Å². The van der Waals surface area contributed by atoms with Gasteiger partial charge in [0.25, 0.3) is 11.8 Å². The molecule has 1 aromatic carbocycles. The van der Waals surface area contributed by atoms with Gasteiger partial charge in [-0.2, -0.15) is 0 Å². The fourth-order valence-corrected chi connectivity index (χ4v) is 3.21. The lowest BCUT2D eigenvalue weighted by atomic mass is 10.0. The number of nitrogens with one attached hydrogen (secondary N) is 2. The Labute approximate surface area is 161 Å². The van der Waals surface area contributed by atoms with E-state index in [9.17, 15) is 24.0 Å². The highest BCUT2D eigenvalue weighted by molar-refractivity contribution is 6.25. The summed E-state index contributed by atoms with van der Waals surface area (Å²) >= 11 is 0. The van der Waals surface area contributed by atoms with E-state index < -0.39 is 35.6 Å². The maximum Gasteiger partial charge on any atom is 0.325 e. The summed E-state index contributed by atoms with van der Waals surface area (Å²) in [7, 11) is 0. The average Bonchev–Trinajstić information content (AvgIpc) is 2.92. The molecule has 0 aliphatic carbocycles. The Hall–Kier alpha value is -3.23. The predicted octanol–water partition coefficient (Wildman–Crippen LogP) is 0.843. The zero-order valence-electron chi connectivity index (χ0n) is 15.4. The van der Waals surface area contributed by atoms with Crippen molar-refractivity contribution in [3.05, 3.63) is 29.3 Å². The number of rotatable bonds is 7. The normalized spacial score (nSPS) is 18.8. The summed E-state index contributed by atoms with van der Waals surface area (Å²) in [5.74, 6) is -2.79. The van der Waals surface area contributed by atoms with Gasteiger partial charge in [0.2, 0.25) is 11.8 Å². The summed E-state index contributed by atoms with van der Waals surface area (Å²) < 4.78 is 5.06. The van der Waals surface area contributed by atoms with E-state index in [0.29, 0.717) is 12.3 Å². The number of hydrogen-bond donors (Lipinski definition) is 2. The lowest BCUT2D eigenvalue weighted by molar-refractivity contribution is -0.141. The van der Waals surface area contributed by atoms with Gasteiger partial charge in [-0.1, -0.05) is 19.4 Å². The third-order valence-electron chi connectivity index (χ3n) is 4.65. The molecule has 28 heavy (non-hydrogen) atoms. The van der Waals surface area contributed by atoms with Crippen molar-refractivity contribution in [1.82, 2.24) is 10.2 Å². The number of anilines is 1. The molecule has 4 amide bonds. The summed E-state index contributed by atoms with van der Waals surface area (Å²) in [6, 6.07) is 3.63. The lowest BCUT2D eigenvalue weighted by Crippen LogP contribution is -2.54. The van der Waals surface area contributed by atoms with E-state index in [1.165, 1.54) is 6.07 Å². The Balaban J connectivity index is 1.76. The first-order valence-corrected chi connectivity index (χ1v) is 9.18. The molecule has 9 heteroatoms. The van der Waals surface area contributed by atoms with Crippen LogP contribution in [0, 0.1) is 0 Å². The van der Waals surface area contributed by atoms with Crippen molar-refractivity contribution in [3.63, 3.8) is 0 Å². The zero-order valence-corrected chi connectivity index (χ0v) is 15.4. The number of ether oxygens (including phenoxy) is 1. The Morgan fingerprint density at radius 3 is 2.75 bits per heavy atom. The summed E-state index contributed by atoms with van der Waals surface area (Å²) in [4.78, 5) is 61.7. The Morgan fingerprint density at radius 1 is 1.25 bits per heavy atom. The Bertz CT molecular complexity index is 850. The van der Waals surface area contributed by atoms with Gasteiger partial charge in [0, 0.05) is 12.1 Å². The second-order valence-electron chi connectivity index (χ2n) is 6.60. The van der Waals surface area contributed by atoms with Crippen molar-refractivity contribution in [3.8, 4) is 0 Å². The minimum absolute atomic E-state index is 0.0541. The van der Waals surface area contributed by atoms with Gasteiger partial charge in [-0.05, 0) is 25.0 Å². The number of fused-ring (bicyclic) bond motifs is 1. The number of piperidine rings is 1. The molecule has 1 saturated heterocycles. The molecule has 2 heterocycles. The number of carbonyl (C=O) groups is 5. The summed E-state index contributed by atoms with van der Waals surface area (Å²) in [6.45, 7) is 2.15. The van der Waals surface area contributed by atoms with E-state index in [0.717, 1.165) is 17.7 Å². The standard InChI is InChI=1S/C19H21N3O6/c1-2-3-9-28-15(24)10-20-12-6-4-5-11-16(12)19(27)22(18(11)26)13-7-8-14(23)21-17(13)25/h4-6,13,20H,2-3,7-10H2,1H3,(H,21,23,25). The topological polar surface area (TPSA) is 122 Å². The largest absolute Gasteiger partial charge is 0.464 e. The van der Waals surface area contributed by atoms with E-state index in [-0.39, 0.29) is 30.5 Å². The van der Waals surface area contributed by atoms with Crippen LogP contribution >= 0.6 is 0 Å². The second kappa shape index (κ2) is 8.20. The van der Waals surface area contributed by atoms with Crippen LogP contribution in [0.3, 0.4) is 0 Å². The number of carbonyl (C=O) groups excluding carboxylic acids is 5. The molecule has 2 aliphatic rings. The predicted molar refractivity (Wildman–Crippen MR) is 97.5 cm³/mol. The molecule has 0 radical (unpaired) electrons. The van der Waals surface area contributed by atoms with Crippen molar-refractivity contribution in [2.75, 3.05) is 18.5 Å². The SMILES string of the molecule is CCCCOC(=O)CNc1cccc2c1C(=O)N(C1CCC(=O)NC1=O)C2=O. The fraction of sp³-hybridized carbons (Fsp3) is 0.421. The maximum atomic E-state index is 12.9. The highest BCUT2D eigenvalue weighted by Gasteiger charge is 2.45. The molecule has 0 bridgehead atoms. The van der Waals surface area contributed by atoms with E-state index in [4.69, 9.17) is 4.74 Å². The van der Waals surface area contributed by atoms with Crippen molar-refractivity contribution in [2.24, 2.45) is 0 Å². The van der Waals surface area contributed by atoms with Gasteiger partial charge in [0.15, 0.2) is 0 Å². The number of hydrogen-bond acceptors (Lipinski definition) is 7. The number of amides is 4. The van der Waals surface area contributed by atoms with E-state index in [1.54, 1.807) is 12.1 Å². The summed E-state index contributed by atoms with van der Waals surface area (Å²) in [6.07, 6.45) is 1.81. The fourth-order valence-electron chi connectivity index (χ4n) is 3.21. The number of esters is 1. The molecule has 1 aromatic rings. The van der Waals surface area contributed by atoms with Gasteiger partial charge in [-0.3, -0.25) is 34.2 Å². The molecule has 3 rings (SSSR count). The smallest absolute Gasteiger partial charge is 0.325 e. The summed E-state index contributed by atoms with van der Waals surface area (Å²) in [5, 5.41) is 4.99. The molecule has 9 nitrogen and oxygen atoms in total. The zero-order chi connectivity index (χ0) is 20.3. The molecule has 2 aliphatic heterocycles. The van der Waals surface area contributed by atoms with Gasteiger partial charge in [-0.25, -0.2) is 0 Å². The van der Waals surface area contributed by atoms with Crippen LogP contribution in [0.25, 0.3) is 0 Å². The molecule has 1 unspecified atom stereocenters. The quantitative estimate of drug-likeness (QED) is 0.404. The first-order chi connectivity index (χ1) is 13.4. The first kappa shape index (κ1) is 19.5. The number of unbranched alkanes of at least 4 members (excludes halogenated alkanes) is 1. The highest BCUT2D eigenvalue weighted by Crippen LogP contribution is 2.32. The minimum Gasteiger partial charge on any atom is -0.464 e. The van der Waals surface area contributed by atoms with Gasteiger partial charge >= 0.3 is 5.97 Å². The van der Waals surface area contributed by atoms with Gasteiger partial charge in [0.05, 0.1) is 17.7 Å². The van der Waals surface area contributed by atoms with Crippen LogP contribution < -0.4 is 10.6 Å². The van der Waals surface area contributed by atoms with Crippen LogP contribution in [-0.4, -0.2) is 53.7 Å². The van der Waals surface area contributed by atoms with E-state index >= 15 is 0 Å². The van der Waals surface area contributed by atoms with Gasteiger partial charge in [-0.15, -0.1) is 0 Å². The third-order valence-corrected chi connectivity index (χ3v) is 4.65. The van der Waals surface area contributed by atoms with Crippen molar-refractivity contribution >= 4 is 35.3 Å². The molecule has 1 fully saturated rings. The summed E-state index contributed by atoms with van der Waals surface area (Å²) in [5.41, 5.74) is 0.579. The number of imide groups is 2. The van der Waals surface area contributed by atoms with E-state index in [2.05, 4.69) is 10.6 Å². The number of benzene rings is 1. The maximum absolute atomic E-state index is 12.9.